The number of benzene rings is 1. The quantitative estimate of drug-likeness (QED) is 0.907. The number of nitrogens with one attached hydrogen (secondary N) is 1. The molecule has 1 aromatic carbocycles. The van der Waals surface area contributed by atoms with Crippen molar-refractivity contribution in [3.05, 3.63) is 33.0 Å². The van der Waals surface area contributed by atoms with Crippen LogP contribution in [0.2, 0.25) is 0 Å². The van der Waals surface area contributed by atoms with Crippen LogP contribution in [0.1, 0.15) is 12.8 Å². The molecule has 0 unspecified atom stereocenters. The summed E-state index contributed by atoms with van der Waals surface area (Å²) in [6, 6.07) is 3.17. The number of nitrogens with zero attached hydrogens (tertiary/aromatic N) is 1. The summed E-state index contributed by atoms with van der Waals surface area (Å²) in [5.74, 6) is 0.907. The van der Waals surface area contributed by atoms with E-state index in [1.54, 1.807) is 12.1 Å². The molecule has 1 aliphatic rings. The minimum Gasteiger partial charge on any atom is -0.493 e. The molecule has 1 fully saturated rings. The van der Waals surface area contributed by atoms with Crippen LogP contribution < -0.4 is 20.7 Å². The Morgan fingerprint density at radius 1 is 1.27 bits per heavy atom. The lowest BCUT2D eigenvalue weighted by atomic mass is 10.2. The fourth-order valence-corrected chi connectivity index (χ4v) is 2.74. The van der Waals surface area contributed by atoms with Gasteiger partial charge in [-0.15, -0.1) is 0 Å². The van der Waals surface area contributed by atoms with Crippen molar-refractivity contribution in [3.8, 4) is 11.5 Å². The summed E-state index contributed by atoms with van der Waals surface area (Å²) in [6.07, 6.45) is 1.72. The molecule has 2 heterocycles. The summed E-state index contributed by atoms with van der Waals surface area (Å²) >= 11 is 0. The number of H-pyrrole nitrogens is 1. The number of fused-ring (bicyclic) bond motifs is 1. The average molecular weight is 306 g/mol. The number of methoxy groups -OCH3 is 2. The van der Waals surface area contributed by atoms with Crippen molar-refractivity contribution in [2.45, 2.75) is 25.5 Å². The maximum absolute atomic E-state index is 12.6. The van der Waals surface area contributed by atoms with Crippen molar-refractivity contribution in [1.82, 2.24) is 9.55 Å². The Hall–Kier alpha value is -2.28. The molecule has 2 aromatic rings. The maximum atomic E-state index is 12.6. The third-order valence-electron chi connectivity index (χ3n) is 3.90. The molecular weight excluding hydrogens is 288 g/mol. The highest BCUT2D eigenvalue weighted by Gasteiger charge is 2.19. The van der Waals surface area contributed by atoms with Crippen molar-refractivity contribution in [2.75, 3.05) is 20.8 Å². The Morgan fingerprint density at radius 3 is 2.64 bits per heavy atom. The normalized spacial score (nSPS) is 17.8. The Bertz CT molecular complexity index is 802. The number of ether oxygens (including phenoxy) is 3. The highest BCUT2D eigenvalue weighted by atomic mass is 16.5. The van der Waals surface area contributed by atoms with E-state index in [0.717, 1.165) is 12.8 Å². The van der Waals surface area contributed by atoms with Gasteiger partial charge in [-0.1, -0.05) is 0 Å². The first-order valence-electron chi connectivity index (χ1n) is 7.14. The first-order valence-corrected chi connectivity index (χ1v) is 7.14. The number of aromatic nitrogens is 2. The lowest BCUT2D eigenvalue weighted by Crippen LogP contribution is -2.38. The zero-order valence-corrected chi connectivity index (χ0v) is 12.5. The standard InChI is InChI=1S/C15H18N2O5/c1-20-12-6-10-11(7-13(12)21-2)16-15(19)17(14(10)18)8-9-4-3-5-22-9/h6-7,9H,3-5,8H2,1-2H3,(H,16,19)/t9-/m1/s1. The molecule has 1 saturated heterocycles. The highest BCUT2D eigenvalue weighted by molar-refractivity contribution is 5.81. The highest BCUT2D eigenvalue weighted by Crippen LogP contribution is 2.29. The first-order chi connectivity index (χ1) is 10.6. The molecule has 118 valence electrons. The van der Waals surface area contributed by atoms with Crippen LogP contribution in [0, 0.1) is 0 Å². The van der Waals surface area contributed by atoms with Crippen LogP contribution in [-0.4, -0.2) is 36.5 Å². The molecule has 3 rings (SSSR count). The van der Waals surface area contributed by atoms with Gasteiger partial charge < -0.3 is 19.2 Å². The molecule has 1 aliphatic heterocycles. The van der Waals surface area contributed by atoms with Crippen LogP contribution in [0.3, 0.4) is 0 Å². The zero-order chi connectivity index (χ0) is 15.7. The van der Waals surface area contributed by atoms with Gasteiger partial charge in [-0.05, 0) is 18.9 Å². The molecule has 0 saturated carbocycles. The molecule has 7 heteroatoms. The average Bonchev–Trinajstić information content (AvgIpc) is 3.03. The van der Waals surface area contributed by atoms with Gasteiger partial charge in [0.25, 0.3) is 5.56 Å². The molecule has 1 N–H and O–H groups in total. The summed E-state index contributed by atoms with van der Waals surface area (Å²) in [5.41, 5.74) is -0.369. The minimum atomic E-state index is -0.444. The lowest BCUT2D eigenvalue weighted by molar-refractivity contribution is 0.0952. The second kappa shape index (κ2) is 5.84. The van der Waals surface area contributed by atoms with Gasteiger partial charge in [-0.2, -0.15) is 0 Å². The second-order valence-electron chi connectivity index (χ2n) is 5.23. The molecule has 0 aliphatic carbocycles. The van der Waals surface area contributed by atoms with E-state index in [9.17, 15) is 9.59 Å². The number of hydrogen-bond acceptors (Lipinski definition) is 5. The van der Waals surface area contributed by atoms with Crippen LogP contribution >= 0.6 is 0 Å². The van der Waals surface area contributed by atoms with Gasteiger partial charge in [0.2, 0.25) is 0 Å². The Labute approximate surface area is 126 Å². The van der Waals surface area contributed by atoms with E-state index < -0.39 is 5.69 Å². The van der Waals surface area contributed by atoms with Gasteiger partial charge in [0.15, 0.2) is 11.5 Å². The Morgan fingerprint density at radius 2 is 2.00 bits per heavy atom. The van der Waals surface area contributed by atoms with Crippen molar-refractivity contribution < 1.29 is 14.2 Å². The van der Waals surface area contributed by atoms with Gasteiger partial charge in [-0.25, -0.2) is 4.79 Å². The first kappa shape index (κ1) is 14.6. The Kier molecular flexibility index (Phi) is 3.89. The van der Waals surface area contributed by atoms with E-state index in [2.05, 4.69) is 4.98 Å². The van der Waals surface area contributed by atoms with Gasteiger partial charge in [0, 0.05) is 12.7 Å². The molecule has 0 radical (unpaired) electrons. The summed E-state index contributed by atoms with van der Waals surface area (Å²) in [4.78, 5) is 27.5. The van der Waals surface area contributed by atoms with E-state index in [-0.39, 0.29) is 18.2 Å². The topological polar surface area (TPSA) is 82.5 Å². The van der Waals surface area contributed by atoms with Crippen LogP contribution in [0.5, 0.6) is 11.5 Å². The largest absolute Gasteiger partial charge is 0.493 e. The van der Waals surface area contributed by atoms with E-state index in [1.807, 2.05) is 0 Å². The van der Waals surface area contributed by atoms with Crippen LogP contribution in [0.25, 0.3) is 10.9 Å². The van der Waals surface area contributed by atoms with E-state index in [0.29, 0.717) is 29.0 Å². The van der Waals surface area contributed by atoms with Crippen LogP contribution in [-0.2, 0) is 11.3 Å². The van der Waals surface area contributed by atoms with Gasteiger partial charge >= 0.3 is 5.69 Å². The summed E-state index contributed by atoms with van der Waals surface area (Å²) in [5, 5.41) is 0.384. The zero-order valence-electron chi connectivity index (χ0n) is 12.5. The molecule has 0 bridgehead atoms. The smallest absolute Gasteiger partial charge is 0.328 e. The fourth-order valence-electron chi connectivity index (χ4n) is 2.74. The maximum Gasteiger partial charge on any atom is 0.328 e. The lowest BCUT2D eigenvalue weighted by Gasteiger charge is -2.13. The molecule has 1 aromatic heterocycles. The third-order valence-corrected chi connectivity index (χ3v) is 3.90. The predicted octanol–water partition coefficient (Wildman–Crippen LogP) is 0.886. The van der Waals surface area contributed by atoms with Crippen LogP contribution in [0.4, 0.5) is 0 Å². The molecule has 22 heavy (non-hydrogen) atoms. The van der Waals surface area contributed by atoms with Crippen molar-refractivity contribution in [1.29, 1.82) is 0 Å². The van der Waals surface area contributed by atoms with Crippen molar-refractivity contribution in [3.63, 3.8) is 0 Å². The molecule has 0 spiro atoms. The summed E-state index contributed by atoms with van der Waals surface area (Å²) < 4.78 is 17.1. The number of hydrogen-bond donors (Lipinski definition) is 1. The minimum absolute atomic E-state index is 0.0867. The van der Waals surface area contributed by atoms with Crippen molar-refractivity contribution >= 4 is 10.9 Å². The second-order valence-corrected chi connectivity index (χ2v) is 5.23. The monoisotopic (exact) mass is 306 g/mol. The SMILES string of the molecule is COc1cc2[nH]c(=O)n(C[C@H]3CCCO3)c(=O)c2cc1OC. The van der Waals surface area contributed by atoms with Crippen molar-refractivity contribution in [2.24, 2.45) is 0 Å². The third kappa shape index (κ3) is 2.48. The van der Waals surface area contributed by atoms with E-state index >= 15 is 0 Å². The molecule has 1 atom stereocenters. The van der Waals surface area contributed by atoms with Gasteiger partial charge in [-0.3, -0.25) is 9.36 Å². The molecule has 0 amide bonds. The number of rotatable bonds is 4. The number of aromatic amines is 1. The molecular formula is C15H18N2O5. The summed E-state index contributed by atoms with van der Waals surface area (Å²) in [6.45, 7) is 0.939. The van der Waals surface area contributed by atoms with E-state index in [1.165, 1.54) is 18.8 Å². The predicted molar refractivity (Wildman–Crippen MR) is 80.9 cm³/mol. The van der Waals surface area contributed by atoms with Crippen LogP contribution in [0.15, 0.2) is 21.7 Å². The van der Waals surface area contributed by atoms with Gasteiger partial charge in [0.1, 0.15) is 0 Å². The fraction of sp³-hybridized carbons (Fsp3) is 0.467. The molecule has 7 nitrogen and oxygen atoms in total. The summed E-state index contributed by atoms with van der Waals surface area (Å²) in [7, 11) is 3.00. The van der Waals surface area contributed by atoms with Gasteiger partial charge in [0.05, 0.1) is 37.8 Å². The van der Waals surface area contributed by atoms with E-state index in [4.69, 9.17) is 14.2 Å². The Balaban J connectivity index is 2.14.